The molecule has 2 aromatic carbocycles. The highest BCUT2D eigenvalue weighted by Crippen LogP contribution is 2.16. The maximum atomic E-state index is 12.7. The van der Waals surface area contributed by atoms with Crippen LogP contribution < -0.4 is 16.6 Å². The predicted molar refractivity (Wildman–Crippen MR) is 101 cm³/mol. The van der Waals surface area contributed by atoms with Gasteiger partial charge in [-0.1, -0.05) is 35.4 Å². The van der Waals surface area contributed by atoms with Gasteiger partial charge in [0.1, 0.15) is 5.56 Å². The number of H-pyrrole nitrogens is 1. The van der Waals surface area contributed by atoms with E-state index in [1.54, 1.807) is 30.3 Å². The maximum absolute atomic E-state index is 12.7. The van der Waals surface area contributed by atoms with Gasteiger partial charge in [-0.05, 0) is 44.5 Å². The molecule has 6 heteroatoms. The van der Waals surface area contributed by atoms with E-state index in [9.17, 15) is 14.4 Å². The molecule has 1 amide bonds. The third-order valence-electron chi connectivity index (χ3n) is 4.14. The molecule has 0 saturated heterocycles. The number of hydrogen-bond donors (Lipinski definition) is 2. The second-order valence-corrected chi connectivity index (χ2v) is 6.26. The number of nitrogens with one attached hydrogen (secondary N) is 2. The van der Waals surface area contributed by atoms with Crippen molar-refractivity contribution in [3.63, 3.8) is 0 Å². The number of rotatable bonds is 3. The van der Waals surface area contributed by atoms with Crippen molar-refractivity contribution in [1.82, 2.24) is 9.55 Å². The molecule has 0 aliphatic heterocycles. The van der Waals surface area contributed by atoms with Gasteiger partial charge in [0.2, 0.25) is 0 Å². The number of aromatic nitrogens is 2. The Kier molecular flexibility index (Phi) is 4.58. The molecular weight excluding hydrogens is 330 g/mol. The summed E-state index contributed by atoms with van der Waals surface area (Å²) < 4.78 is 0.955. The van der Waals surface area contributed by atoms with Gasteiger partial charge in [-0.15, -0.1) is 0 Å². The van der Waals surface area contributed by atoms with E-state index in [4.69, 9.17) is 0 Å². The summed E-state index contributed by atoms with van der Waals surface area (Å²) in [6.45, 7) is 5.74. The second-order valence-electron chi connectivity index (χ2n) is 6.26. The molecule has 3 aromatic rings. The average molecular weight is 349 g/mol. The molecular formula is C20H19N3O3. The van der Waals surface area contributed by atoms with Crippen LogP contribution in [0.3, 0.4) is 0 Å². The van der Waals surface area contributed by atoms with Crippen molar-refractivity contribution >= 4 is 11.6 Å². The third kappa shape index (κ3) is 3.35. The Morgan fingerprint density at radius 1 is 0.962 bits per heavy atom. The maximum Gasteiger partial charge on any atom is 0.333 e. The number of aromatic amines is 1. The van der Waals surface area contributed by atoms with Crippen LogP contribution in [0.4, 0.5) is 5.69 Å². The van der Waals surface area contributed by atoms with Crippen LogP contribution in [0.5, 0.6) is 0 Å². The van der Waals surface area contributed by atoms with Crippen LogP contribution in [0.1, 0.15) is 27.0 Å². The Morgan fingerprint density at radius 2 is 1.62 bits per heavy atom. The zero-order chi connectivity index (χ0) is 18.8. The number of carbonyl (C=O) groups excluding carboxylic acids is 1. The summed E-state index contributed by atoms with van der Waals surface area (Å²) >= 11 is 0. The highest BCUT2D eigenvalue weighted by Gasteiger charge is 2.16. The molecule has 1 heterocycles. The highest BCUT2D eigenvalue weighted by molar-refractivity contribution is 6.04. The Bertz CT molecular complexity index is 1090. The fourth-order valence-corrected chi connectivity index (χ4v) is 2.71. The van der Waals surface area contributed by atoms with Crippen molar-refractivity contribution < 1.29 is 4.79 Å². The minimum absolute atomic E-state index is 0.134. The third-order valence-corrected chi connectivity index (χ3v) is 4.14. The van der Waals surface area contributed by atoms with Crippen LogP contribution in [0.25, 0.3) is 5.69 Å². The summed E-state index contributed by atoms with van der Waals surface area (Å²) in [4.78, 5) is 39.9. The molecule has 0 spiro atoms. The van der Waals surface area contributed by atoms with E-state index in [-0.39, 0.29) is 5.56 Å². The molecule has 0 aliphatic carbocycles. The molecule has 0 fully saturated rings. The van der Waals surface area contributed by atoms with Crippen LogP contribution in [-0.4, -0.2) is 15.5 Å². The number of anilines is 1. The smallest absolute Gasteiger partial charge is 0.322 e. The summed E-state index contributed by atoms with van der Waals surface area (Å²) in [5.74, 6) is -0.570. The fraction of sp³-hybridized carbons (Fsp3) is 0.150. The summed E-state index contributed by atoms with van der Waals surface area (Å²) in [6.07, 6.45) is 1.15. The zero-order valence-corrected chi connectivity index (χ0v) is 14.8. The Labute approximate surface area is 150 Å². The molecule has 132 valence electrons. The zero-order valence-electron chi connectivity index (χ0n) is 14.8. The van der Waals surface area contributed by atoms with Gasteiger partial charge in [-0.3, -0.25) is 9.59 Å². The lowest BCUT2D eigenvalue weighted by Crippen LogP contribution is -2.38. The summed E-state index contributed by atoms with van der Waals surface area (Å²) in [6, 6.07) is 12.5. The Morgan fingerprint density at radius 3 is 2.27 bits per heavy atom. The van der Waals surface area contributed by atoms with Gasteiger partial charge in [0.05, 0.1) is 5.69 Å². The van der Waals surface area contributed by atoms with Crippen molar-refractivity contribution in [3.8, 4) is 5.69 Å². The normalized spacial score (nSPS) is 10.6. The second kappa shape index (κ2) is 6.84. The lowest BCUT2D eigenvalue weighted by Gasteiger charge is -2.10. The van der Waals surface area contributed by atoms with Crippen molar-refractivity contribution in [3.05, 3.63) is 91.8 Å². The number of amides is 1. The first-order chi connectivity index (χ1) is 12.4. The number of nitrogens with zero attached hydrogens (tertiary/aromatic N) is 1. The first-order valence-electron chi connectivity index (χ1n) is 8.17. The molecule has 3 rings (SSSR count). The molecule has 1 aromatic heterocycles. The molecule has 6 nitrogen and oxygen atoms in total. The van der Waals surface area contributed by atoms with Gasteiger partial charge < -0.3 is 10.3 Å². The first kappa shape index (κ1) is 17.4. The standard InChI is InChI=1S/C20H19N3O3/c1-12-4-7-15(8-5-12)23-19(25)16(11-21-20(23)26)18(24)22-17-9-6-13(2)10-14(17)3/h4-11H,1-3H3,(H,21,26)(H,22,24). The van der Waals surface area contributed by atoms with Gasteiger partial charge in [0.15, 0.2) is 0 Å². The van der Waals surface area contributed by atoms with Gasteiger partial charge in [0, 0.05) is 11.9 Å². The molecule has 26 heavy (non-hydrogen) atoms. The SMILES string of the molecule is Cc1ccc(-n2c(=O)[nH]cc(C(=O)Nc3ccc(C)cc3C)c2=O)cc1. The molecule has 2 N–H and O–H groups in total. The van der Waals surface area contributed by atoms with Gasteiger partial charge in [0.25, 0.3) is 11.5 Å². The predicted octanol–water partition coefficient (Wildman–Crippen LogP) is 2.70. The van der Waals surface area contributed by atoms with E-state index in [0.29, 0.717) is 11.4 Å². The molecule has 0 aliphatic rings. The van der Waals surface area contributed by atoms with E-state index in [0.717, 1.165) is 27.5 Å². The van der Waals surface area contributed by atoms with Gasteiger partial charge >= 0.3 is 5.69 Å². The van der Waals surface area contributed by atoms with Crippen molar-refractivity contribution in [2.24, 2.45) is 0 Å². The molecule has 0 saturated carbocycles. The van der Waals surface area contributed by atoms with Crippen molar-refractivity contribution in [1.29, 1.82) is 0 Å². The lowest BCUT2D eigenvalue weighted by atomic mass is 10.1. The minimum Gasteiger partial charge on any atom is -0.322 e. The molecule has 0 radical (unpaired) electrons. The van der Waals surface area contributed by atoms with Crippen LogP contribution in [0.15, 0.2) is 58.3 Å². The number of benzene rings is 2. The summed E-state index contributed by atoms with van der Waals surface area (Å²) in [5.41, 5.74) is 2.60. The van der Waals surface area contributed by atoms with Crippen LogP contribution >= 0.6 is 0 Å². The van der Waals surface area contributed by atoms with E-state index in [2.05, 4.69) is 10.3 Å². The minimum atomic E-state index is -0.667. The van der Waals surface area contributed by atoms with E-state index >= 15 is 0 Å². The van der Waals surface area contributed by atoms with E-state index in [1.807, 2.05) is 32.9 Å². The first-order valence-corrected chi connectivity index (χ1v) is 8.17. The number of aryl methyl sites for hydroxylation is 3. The molecule has 0 unspecified atom stereocenters. The van der Waals surface area contributed by atoms with Crippen LogP contribution in [-0.2, 0) is 0 Å². The summed E-state index contributed by atoms with van der Waals surface area (Å²) in [5, 5.41) is 2.73. The van der Waals surface area contributed by atoms with Crippen molar-refractivity contribution in [2.75, 3.05) is 5.32 Å². The van der Waals surface area contributed by atoms with Crippen molar-refractivity contribution in [2.45, 2.75) is 20.8 Å². The monoisotopic (exact) mass is 349 g/mol. The van der Waals surface area contributed by atoms with Crippen LogP contribution in [0, 0.1) is 20.8 Å². The molecule has 0 atom stereocenters. The Balaban J connectivity index is 2.02. The number of carbonyl (C=O) groups is 1. The fourth-order valence-electron chi connectivity index (χ4n) is 2.71. The topological polar surface area (TPSA) is 84.0 Å². The van der Waals surface area contributed by atoms with Crippen LogP contribution in [0.2, 0.25) is 0 Å². The van der Waals surface area contributed by atoms with Gasteiger partial charge in [-0.2, -0.15) is 0 Å². The quantitative estimate of drug-likeness (QED) is 0.762. The lowest BCUT2D eigenvalue weighted by molar-refractivity contribution is 0.102. The Hall–Kier alpha value is -3.41. The summed E-state index contributed by atoms with van der Waals surface area (Å²) in [7, 11) is 0. The average Bonchev–Trinajstić information content (AvgIpc) is 2.59. The molecule has 0 bridgehead atoms. The number of hydrogen-bond acceptors (Lipinski definition) is 3. The van der Waals surface area contributed by atoms with E-state index in [1.165, 1.54) is 0 Å². The highest BCUT2D eigenvalue weighted by atomic mass is 16.2. The largest absolute Gasteiger partial charge is 0.333 e. The van der Waals surface area contributed by atoms with Gasteiger partial charge in [-0.25, -0.2) is 9.36 Å². The van der Waals surface area contributed by atoms with E-state index < -0.39 is 17.2 Å².